The Morgan fingerprint density at radius 2 is 2.42 bits per heavy atom. The van der Waals surface area contributed by atoms with Crippen LogP contribution in [-0.4, -0.2) is 35.6 Å². The third kappa shape index (κ3) is 4.63. The Morgan fingerprint density at radius 3 is 3.08 bits per heavy atom. The minimum absolute atomic E-state index is 0.817. The summed E-state index contributed by atoms with van der Waals surface area (Å²) in [5.41, 5.74) is 0. The lowest BCUT2D eigenvalue weighted by atomic mass is 10.3. The maximum absolute atomic E-state index is 3.60. The maximum Gasteiger partial charge on any atom is 0.0166 e. The third-order valence-electron chi connectivity index (χ3n) is 1.96. The fourth-order valence-corrected chi connectivity index (χ4v) is 3.22. The van der Waals surface area contributed by atoms with Crippen molar-refractivity contribution in [2.75, 3.05) is 29.6 Å². The zero-order valence-corrected chi connectivity index (χ0v) is 9.48. The second kappa shape index (κ2) is 7.10. The molecular formula is C9H19NS2. The Morgan fingerprint density at radius 1 is 1.50 bits per heavy atom. The molecule has 0 saturated carbocycles. The van der Waals surface area contributed by atoms with Crippen LogP contribution in [0.4, 0.5) is 0 Å². The highest BCUT2D eigenvalue weighted by atomic mass is 32.2. The van der Waals surface area contributed by atoms with E-state index in [9.17, 15) is 0 Å². The van der Waals surface area contributed by atoms with E-state index in [0.29, 0.717) is 0 Å². The fourth-order valence-electron chi connectivity index (χ4n) is 1.28. The minimum atomic E-state index is 0.817. The van der Waals surface area contributed by atoms with Gasteiger partial charge in [-0.25, -0.2) is 0 Å². The van der Waals surface area contributed by atoms with Crippen molar-refractivity contribution in [2.45, 2.75) is 25.8 Å². The summed E-state index contributed by atoms with van der Waals surface area (Å²) in [6.45, 7) is 3.45. The lowest BCUT2D eigenvalue weighted by Crippen LogP contribution is -2.30. The molecule has 0 aromatic rings. The number of hydrogen-bond donors (Lipinski definition) is 1. The van der Waals surface area contributed by atoms with Crippen molar-refractivity contribution in [3.63, 3.8) is 0 Å². The quantitative estimate of drug-likeness (QED) is 0.668. The Labute approximate surface area is 84.4 Å². The molecule has 1 unspecified atom stereocenters. The summed E-state index contributed by atoms with van der Waals surface area (Å²) in [5.74, 6) is 5.30. The van der Waals surface area contributed by atoms with Crippen LogP contribution < -0.4 is 5.32 Å². The minimum Gasteiger partial charge on any atom is -0.312 e. The Balaban J connectivity index is 1.81. The van der Waals surface area contributed by atoms with Crippen LogP contribution in [0.2, 0.25) is 0 Å². The van der Waals surface area contributed by atoms with Gasteiger partial charge in [-0.05, 0) is 24.3 Å². The lowest BCUT2D eigenvalue weighted by molar-refractivity contribution is 0.581. The molecule has 1 fully saturated rings. The van der Waals surface area contributed by atoms with Crippen LogP contribution in [0.25, 0.3) is 0 Å². The summed E-state index contributed by atoms with van der Waals surface area (Å²) < 4.78 is 0. The monoisotopic (exact) mass is 205 g/mol. The summed E-state index contributed by atoms with van der Waals surface area (Å²) in [7, 11) is 0. The first kappa shape index (κ1) is 10.7. The van der Waals surface area contributed by atoms with Gasteiger partial charge in [0, 0.05) is 24.1 Å². The van der Waals surface area contributed by atoms with E-state index in [1.165, 1.54) is 42.4 Å². The molecule has 0 aromatic carbocycles. The first-order valence-electron chi connectivity index (χ1n) is 4.82. The average Bonchev–Trinajstić information content (AvgIpc) is 2.57. The van der Waals surface area contributed by atoms with E-state index in [-0.39, 0.29) is 0 Å². The average molecular weight is 205 g/mol. The van der Waals surface area contributed by atoms with Crippen molar-refractivity contribution < 1.29 is 0 Å². The Bertz CT molecular complexity index is 103. The maximum atomic E-state index is 3.60. The van der Waals surface area contributed by atoms with Gasteiger partial charge in [0.2, 0.25) is 0 Å². The van der Waals surface area contributed by atoms with Gasteiger partial charge >= 0.3 is 0 Å². The highest BCUT2D eigenvalue weighted by Crippen LogP contribution is 2.16. The fraction of sp³-hybridized carbons (Fsp3) is 1.00. The van der Waals surface area contributed by atoms with E-state index in [4.69, 9.17) is 0 Å². The van der Waals surface area contributed by atoms with Gasteiger partial charge in [0.25, 0.3) is 0 Å². The molecule has 1 aliphatic rings. The molecule has 0 amide bonds. The number of nitrogens with one attached hydrogen (secondary N) is 1. The van der Waals surface area contributed by atoms with E-state index in [1.54, 1.807) is 0 Å². The van der Waals surface area contributed by atoms with Crippen LogP contribution >= 0.6 is 23.5 Å². The molecule has 1 saturated heterocycles. The topological polar surface area (TPSA) is 12.0 Å². The SMILES string of the molecule is CCCSCCNC1CCSC1. The highest BCUT2D eigenvalue weighted by molar-refractivity contribution is 7.99. The molecule has 1 nitrogen and oxygen atoms in total. The van der Waals surface area contributed by atoms with Crippen molar-refractivity contribution in [3.8, 4) is 0 Å². The molecule has 0 spiro atoms. The summed E-state index contributed by atoms with van der Waals surface area (Å²) in [5, 5.41) is 3.60. The summed E-state index contributed by atoms with van der Waals surface area (Å²) in [4.78, 5) is 0. The second-order valence-corrected chi connectivity index (χ2v) is 5.50. The molecule has 1 rings (SSSR count). The van der Waals surface area contributed by atoms with Crippen molar-refractivity contribution in [2.24, 2.45) is 0 Å². The molecule has 0 radical (unpaired) electrons. The van der Waals surface area contributed by atoms with E-state index >= 15 is 0 Å². The molecule has 12 heavy (non-hydrogen) atoms. The predicted molar refractivity (Wildman–Crippen MR) is 61.3 cm³/mol. The van der Waals surface area contributed by atoms with Crippen molar-refractivity contribution in [1.29, 1.82) is 0 Å². The standard InChI is InChI=1S/C9H19NS2/c1-2-5-11-7-4-10-9-3-6-12-8-9/h9-10H,2-8H2,1H3. The number of thioether (sulfide) groups is 2. The zero-order chi connectivity index (χ0) is 8.65. The van der Waals surface area contributed by atoms with Gasteiger partial charge in [-0.3, -0.25) is 0 Å². The molecular weight excluding hydrogens is 186 g/mol. The highest BCUT2D eigenvalue weighted by Gasteiger charge is 2.13. The van der Waals surface area contributed by atoms with Gasteiger partial charge in [-0.1, -0.05) is 6.92 Å². The molecule has 0 bridgehead atoms. The number of hydrogen-bond acceptors (Lipinski definition) is 3. The Hall–Kier alpha value is 0.660. The van der Waals surface area contributed by atoms with Crippen LogP contribution in [0.15, 0.2) is 0 Å². The first-order chi connectivity index (χ1) is 5.93. The smallest absolute Gasteiger partial charge is 0.0166 e. The van der Waals surface area contributed by atoms with E-state index in [2.05, 4.69) is 35.8 Å². The zero-order valence-electron chi connectivity index (χ0n) is 7.84. The van der Waals surface area contributed by atoms with E-state index in [0.717, 1.165) is 6.04 Å². The molecule has 1 atom stereocenters. The van der Waals surface area contributed by atoms with Crippen LogP contribution in [0.1, 0.15) is 19.8 Å². The Kier molecular flexibility index (Phi) is 6.35. The van der Waals surface area contributed by atoms with Crippen LogP contribution in [0.3, 0.4) is 0 Å². The van der Waals surface area contributed by atoms with E-state index in [1.807, 2.05) is 0 Å². The lowest BCUT2D eigenvalue weighted by Gasteiger charge is -2.09. The normalized spacial score (nSPS) is 23.2. The summed E-state index contributed by atoms with van der Waals surface area (Å²) >= 11 is 4.15. The number of rotatable bonds is 6. The van der Waals surface area contributed by atoms with Gasteiger partial charge in [-0.15, -0.1) is 0 Å². The third-order valence-corrected chi connectivity index (χ3v) is 4.31. The van der Waals surface area contributed by atoms with Gasteiger partial charge in [0.15, 0.2) is 0 Å². The summed E-state index contributed by atoms with van der Waals surface area (Å²) in [6.07, 6.45) is 2.69. The molecule has 3 heteroatoms. The van der Waals surface area contributed by atoms with Crippen LogP contribution in [-0.2, 0) is 0 Å². The predicted octanol–water partition coefficient (Wildman–Crippen LogP) is 2.22. The summed E-state index contributed by atoms with van der Waals surface area (Å²) in [6, 6.07) is 0.817. The van der Waals surface area contributed by atoms with Crippen molar-refractivity contribution in [1.82, 2.24) is 5.32 Å². The first-order valence-corrected chi connectivity index (χ1v) is 7.13. The van der Waals surface area contributed by atoms with Crippen molar-refractivity contribution in [3.05, 3.63) is 0 Å². The van der Waals surface area contributed by atoms with Gasteiger partial charge in [0.05, 0.1) is 0 Å². The largest absolute Gasteiger partial charge is 0.312 e. The molecule has 72 valence electrons. The molecule has 0 aromatic heterocycles. The van der Waals surface area contributed by atoms with Gasteiger partial charge in [-0.2, -0.15) is 23.5 Å². The van der Waals surface area contributed by atoms with Gasteiger partial charge < -0.3 is 5.32 Å². The van der Waals surface area contributed by atoms with Gasteiger partial charge in [0.1, 0.15) is 0 Å². The molecule has 1 heterocycles. The molecule has 1 aliphatic heterocycles. The van der Waals surface area contributed by atoms with E-state index < -0.39 is 0 Å². The second-order valence-electron chi connectivity index (χ2n) is 3.13. The van der Waals surface area contributed by atoms with Crippen LogP contribution in [0.5, 0.6) is 0 Å². The molecule has 0 aliphatic carbocycles. The molecule has 1 N–H and O–H groups in total. The van der Waals surface area contributed by atoms with Crippen molar-refractivity contribution >= 4 is 23.5 Å². The van der Waals surface area contributed by atoms with Crippen LogP contribution in [0, 0.1) is 0 Å².